The van der Waals surface area contributed by atoms with Crippen LogP contribution in [-0.2, 0) is 0 Å². The summed E-state index contributed by atoms with van der Waals surface area (Å²) < 4.78 is 0. The molecule has 3 rings (SSSR count). The molecule has 2 nitrogen and oxygen atoms in total. The first-order valence-corrected chi connectivity index (χ1v) is 6.26. The summed E-state index contributed by atoms with van der Waals surface area (Å²) in [4.78, 5) is 15.5. The molecule has 19 heavy (non-hydrogen) atoms. The van der Waals surface area contributed by atoms with Crippen LogP contribution in [0.2, 0.25) is 5.02 Å². The van der Waals surface area contributed by atoms with E-state index in [9.17, 15) is 4.79 Å². The Balaban J connectivity index is 2.34. The van der Waals surface area contributed by atoms with Crippen LogP contribution in [0.15, 0.2) is 54.7 Å². The highest BCUT2D eigenvalue weighted by Crippen LogP contribution is 2.30. The zero-order chi connectivity index (χ0) is 13.2. The fourth-order valence-electron chi connectivity index (χ4n) is 2.20. The van der Waals surface area contributed by atoms with Gasteiger partial charge in [0.1, 0.15) is 0 Å². The van der Waals surface area contributed by atoms with E-state index in [4.69, 9.17) is 11.6 Å². The van der Waals surface area contributed by atoms with Crippen LogP contribution >= 0.6 is 11.6 Å². The molecular formula is C16H10ClNO. The first-order chi connectivity index (χ1) is 9.29. The standard InChI is InChI=1S/C16H10ClNO/c17-12-5-6-15-14(7-8-18-16(15)9-12)13-4-2-1-3-11(13)10-19/h1-10H. The molecule has 92 valence electrons. The Hall–Kier alpha value is -2.19. The SMILES string of the molecule is O=Cc1ccccc1-c1ccnc2cc(Cl)ccc12. The van der Waals surface area contributed by atoms with Gasteiger partial charge < -0.3 is 0 Å². The highest BCUT2D eigenvalue weighted by molar-refractivity contribution is 6.31. The van der Waals surface area contributed by atoms with E-state index in [1.54, 1.807) is 6.20 Å². The monoisotopic (exact) mass is 267 g/mol. The van der Waals surface area contributed by atoms with E-state index < -0.39 is 0 Å². The average Bonchev–Trinajstić information content (AvgIpc) is 2.46. The third kappa shape index (κ3) is 2.11. The Labute approximate surface area is 115 Å². The minimum atomic E-state index is 0.654. The molecule has 1 heterocycles. The van der Waals surface area contributed by atoms with Gasteiger partial charge in [0.2, 0.25) is 0 Å². The van der Waals surface area contributed by atoms with Crippen molar-refractivity contribution >= 4 is 28.8 Å². The van der Waals surface area contributed by atoms with Crippen molar-refractivity contribution in [2.75, 3.05) is 0 Å². The number of carbonyl (C=O) groups is 1. The van der Waals surface area contributed by atoms with Crippen LogP contribution in [0.1, 0.15) is 10.4 Å². The predicted octanol–water partition coefficient (Wildman–Crippen LogP) is 4.37. The zero-order valence-corrected chi connectivity index (χ0v) is 10.8. The molecule has 1 aromatic heterocycles. The molecule has 3 aromatic rings. The second-order valence-corrected chi connectivity index (χ2v) is 4.66. The molecule has 0 bridgehead atoms. The van der Waals surface area contributed by atoms with E-state index >= 15 is 0 Å². The number of hydrogen-bond donors (Lipinski definition) is 0. The molecule has 0 saturated carbocycles. The summed E-state index contributed by atoms with van der Waals surface area (Å²) >= 11 is 5.98. The molecule has 0 aliphatic carbocycles. The smallest absolute Gasteiger partial charge is 0.150 e. The maximum Gasteiger partial charge on any atom is 0.150 e. The number of aldehydes is 1. The van der Waals surface area contributed by atoms with E-state index in [0.717, 1.165) is 28.3 Å². The number of benzene rings is 2. The lowest BCUT2D eigenvalue weighted by molar-refractivity contribution is 0.112. The van der Waals surface area contributed by atoms with E-state index in [1.165, 1.54) is 0 Å². The molecule has 0 amide bonds. The summed E-state index contributed by atoms with van der Waals surface area (Å²) in [5.74, 6) is 0. The molecule has 2 aromatic carbocycles. The summed E-state index contributed by atoms with van der Waals surface area (Å²) in [6.07, 6.45) is 2.60. The molecule has 0 N–H and O–H groups in total. The number of nitrogens with zero attached hydrogens (tertiary/aromatic N) is 1. The first kappa shape index (κ1) is 11.9. The van der Waals surface area contributed by atoms with Crippen molar-refractivity contribution in [3.05, 3.63) is 65.3 Å². The lowest BCUT2D eigenvalue weighted by atomic mass is 9.97. The maximum atomic E-state index is 11.2. The van der Waals surface area contributed by atoms with E-state index in [2.05, 4.69) is 4.98 Å². The molecule has 0 aliphatic heterocycles. The van der Waals surface area contributed by atoms with Gasteiger partial charge in [-0.05, 0) is 29.3 Å². The van der Waals surface area contributed by atoms with Crippen molar-refractivity contribution in [1.29, 1.82) is 0 Å². The normalized spacial score (nSPS) is 10.6. The average molecular weight is 268 g/mol. The number of hydrogen-bond acceptors (Lipinski definition) is 2. The molecule has 0 fully saturated rings. The topological polar surface area (TPSA) is 30.0 Å². The highest BCUT2D eigenvalue weighted by atomic mass is 35.5. The van der Waals surface area contributed by atoms with Crippen LogP contribution in [0, 0.1) is 0 Å². The molecule has 0 unspecified atom stereocenters. The van der Waals surface area contributed by atoms with Gasteiger partial charge in [-0.15, -0.1) is 0 Å². The Morgan fingerprint density at radius 2 is 1.84 bits per heavy atom. The Morgan fingerprint density at radius 1 is 1.00 bits per heavy atom. The summed E-state index contributed by atoms with van der Waals surface area (Å²) in [6.45, 7) is 0. The van der Waals surface area contributed by atoms with Gasteiger partial charge in [0.05, 0.1) is 5.52 Å². The third-order valence-corrected chi connectivity index (χ3v) is 3.32. The van der Waals surface area contributed by atoms with Crippen molar-refractivity contribution in [1.82, 2.24) is 4.98 Å². The maximum absolute atomic E-state index is 11.2. The predicted molar refractivity (Wildman–Crippen MR) is 77.6 cm³/mol. The van der Waals surface area contributed by atoms with Gasteiger partial charge in [0, 0.05) is 22.2 Å². The van der Waals surface area contributed by atoms with Crippen LogP contribution in [0.3, 0.4) is 0 Å². The van der Waals surface area contributed by atoms with Crippen molar-refractivity contribution in [2.45, 2.75) is 0 Å². The molecular weight excluding hydrogens is 258 g/mol. The van der Waals surface area contributed by atoms with Gasteiger partial charge in [-0.25, -0.2) is 0 Å². The number of aromatic nitrogens is 1. The number of halogens is 1. The Morgan fingerprint density at radius 3 is 2.68 bits per heavy atom. The summed E-state index contributed by atoms with van der Waals surface area (Å²) in [7, 11) is 0. The van der Waals surface area contributed by atoms with Crippen LogP contribution < -0.4 is 0 Å². The molecule has 0 spiro atoms. The summed E-state index contributed by atoms with van der Waals surface area (Å²) in [5.41, 5.74) is 3.40. The van der Waals surface area contributed by atoms with Gasteiger partial charge in [-0.2, -0.15) is 0 Å². The lowest BCUT2D eigenvalue weighted by Crippen LogP contribution is -1.89. The lowest BCUT2D eigenvalue weighted by Gasteiger charge is -2.08. The second-order valence-electron chi connectivity index (χ2n) is 4.23. The van der Waals surface area contributed by atoms with E-state index in [0.29, 0.717) is 10.6 Å². The fraction of sp³-hybridized carbons (Fsp3) is 0. The number of pyridine rings is 1. The largest absolute Gasteiger partial charge is 0.298 e. The van der Waals surface area contributed by atoms with Crippen LogP contribution in [-0.4, -0.2) is 11.3 Å². The zero-order valence-electron chi connectivity index (χ0n) is 10.0. The molecule has 0 radical (unpaired) electrons. The molecule has 3 heteroatoms. The van der Waals surface area contributed by atoms with Crippen molar-refractivity contribution in [3.63, 3.8) is 0 Å². The highest BCUT2D eigenvalue weighted by Gasteiger charge is 2.08. The minimum absolute atomic E-state index is 0.654. The van der Waals surface area contributed by atoms with Crippen LogP contribution in [0.25, 0.3) is 22.0 Å². The van der Waals surface area contributed by atoms with Crippen LogP contribution in [0.5, 0.6) is 0 Å². The van der Waals surface area contributed by atoms with Crippen molar-refractivity contribution in [2.24, 2.45) is 0 Å². The molecule has 0 saturated heterocycles. The van der Waals surface area contributed by atoms with Crippen molar-refractivity contribution < 1.29 is 4.79 Å². The van der Waals surface area contributed by atoms with Gasteiger partial charge in [-0.1, -0.05) is 41.9 Å². The Kier molecular flexibility index (Phi) is 3.02. The summed E-state index contributed by atoms with van der Waals surface area (Å²) in [6, 6.07) is 15.0. The van der Waals surface area contributed by atoms with E-state index in [1.807, 2.05) is 48.5 Å². The van der Waals surface area contributed by atoms with Crippen LogP contribution in [0.4, 0.5) is 0 Å². The quantitative estimate of drug-likeness (QED) is 0.646. The minimum Gasteiger partial charge on any atom is -0.298 e. The van der Waals surface area contributed by atoms with Gasteiger partial charge in [-0.3, -0.25) is 9.78 Å². The number of fused-ring (bicyclic) bond motifs is 1. The van der Waals surface area contributed by atoms with Gasteiger partial charge in [0.15, 0.2) is 6.29 Å². The van der Waals surface area contributed by atoms with Gasteiger partial charge in [0.25, 0.3) is 0 Å². The number of rotatable bonds is 2. The van der Waals surface area contributed by atoms with Gasteiger partial charge >= 0.3 is 0 Å². The first-order valence-electron chi connectivity index (χ1n) is 5.88. The third-order valence-electron chi connectivity index (χ3n) is 3.08. The Bertz CT molecular complexity index is 768. The molecule has 0 atom stereocenters. The second kappa shape index (κ2) is 4.82. The number of carbonyl (C=O) groups excluding carboxylic acids is 1. The summed E-state index contributed by atoms with van der Waals surface area (Å²) in [5, 5.41) is 1.64. The molecule has 0 aliphatic rings. The van der Waals surface area contributed by atoms with Crippen molar-refractivity contribution in [3.8, 4) is 11.1 Å². The fourth-order valence-corrected chi connectivity index (χ4v) is 2.37. The van der Waals surface area contributed by atoms with E-state index in [-0.39, 0.29) is 0 Å².